The molecule has 1 amide bonds. The van der Waals surface area contributed by atoms with Gasteiger partial charge in [-0.15, -0.1) is 0 Å². The third kappa shape index (κ3) is 4.79. The number of benzene rings is 2. The van der Waals surface area contributed by atoms with E-state index in [0.29, 0.717) is 40.1 Å². The summed E-state index contributed by atoms with van der Waals surface area (Å²) in [6.45, 7) is 0. The van der Waals surface area contributed by atoms with Crippen LogP contribution in [0.4, 0.5) is 5.69 Å². The first-order valence-electron chi connectivity index (χ1n) is 7.10. The van der Waals surface area contributed by atoms with Gasteiger partial charge in [0.2, 0.25) is 5.91 Å². The molecule has 4 nitrogen and oxygen atoms in total. The molecule has 0 spiro atoms. The molecule has 2 aromatic carbocycles. The van der Waals surface area contributed by atoms with Crippen molar-refractivity contribution in [3.05, 3.63) is 50.4 Å². The molecule has 2 aromatic rings. The number of hydrogen-bond acceptors (Lipinski definition) is 3. The van der Waals surface area contributed by atoms with Crippen molar-refractivity contribution in [2.24, 2.45) is 0 Å². The average molecular weight is 433 g/mol. The van der Waals surface area contributed by atoms with E-state index in [1.807, 2.05) is 12.1 Å². The molecule has 7 heteroatoms. The van der Waals surface area contributed by atoms with Crippen LogP contribution in [0, 0.1) is 0 Å². The van der Waals surface area contributed by atoms with Crippen LogP contribution < -0.4 is 14.8 Å². The van der Waals surface area contributed by atoms with Gasteiger partial charge in [-0.05, 0) is 42.3 Å². The van der Waals surface area contributed by atoms with Gasteiger partial charge in [-0.2, -0.15) is 0 Å². The lowest BCUT2D eigenvalue weighted by molar-refractivity contribution is -0.116. The van der Waals surface area contributed by atoms with Crippen LogP contribution >= 0.6 is 39.1 Å². The number of carbonyl (C=O) groups excluding carboxylic acids is 1. The maximum atomic E-state index is 12.1. The summed E-state index contributed by atoms with van der Waals surface area (Å²) in [5, 5.41) is 3.65. The molecule has 0 unspecified atom stereocenters. The molecule has 1 N–H and O–H groups in total. The predicted octanol–water partition coefficient (Wildman–Crippen LogP) is 5.34. The van der Waals surface area contributed by atoms with E-state index >= 15 is 0 Å². The molecule has 0 aliphatic carbocycles. The smallest absolute Gasteiger partial charge is 0.224 e. The van der Waals surface area contributed by atoms with Gasteiger partial charge in [0.15, 0.2) is 11.5 Å². The van der Waals surface area contributed by atoms with Gasteiger partial charge in [-0.25, -0.2) is 0 Å². The number of hydrogen-bond donors (Lipinski definition) is 1. The molecule has 128 valence electrons. The van der Waals surface area contributed by atoms with E-state index < -0.39 is 0 Å². The van der Waals surface area contributed by atoms with Crippen molar-refractivity contribution in [2.45, 2.75) is 12.8 Å². The molecule has 0 atom stereocenters. The minimum Gasteiger partial charge on any atom is -0.493 e. The SMILES string of the molecule is COc1cc(Br)c(CCC(=O)Nc2ccc(Cl)c(Cl)c2)cc1OC. The average Bonchev–Trinajstić information content (AvgIpc) is 2.56. The highest BCUT2D eigenvalue weighted by molar-refractivity contribution is 9.10. The molecule has 0 saturated carbocycles. The first-order valence-corrected chi connectivity index (χ1v) is 8.64. The fourth-order valence-electron chi connectivity index (χ4n) is 2.13. The maximum Gasteiger partial charge on any atom is 0.224 e. The van der Waals surface area contributed by atoms with E-state index in [4.69, 9.17) is 32.7 Å². The largest absolute Gasteiger partial charge is 0.493 e. The maximum absolute atomic E-state index is 12.1. The van der Waals surface area contributed by atoms with Gasteiger partial charge in [-0.1, -0.05) is 39.1 Å². The van der Waals surface area contributed by atoms with Crippen LogP contribution in [-0.2, 0) is 11.2 Å². The monoisotopic (exact) mass is 431 g/mol. The molecule has 0 saturated heterocycles. The number of methoxy groups -OCH3 is 2. The van der Waals surface area contributed by atoms with Crippen molar-refractivity contribution in [3.8, 4) is 11.5 Å². The molecule has 24 heavy (non-hydrogen) atoms. The minimum atomic E-state index is -0.116. The normalized spacial score (nSPS) is 10.4. The quantitative estimate of drug-likeness (QED) is 0.669. The van der Waals surface area contributed by atoms with Crippen molar-refractivity contribution >= 4 is 50.7 Å². The molecular formula is C17H16BrCl2NO3. The number of nitrogens with one attached hydrogen (secondary N) is 1. The number of amides is 1. The molecule has 0 heterocycles. The minimum absolute atomic E-state index is 0.116. The van der Waals surface area contributed by atoms with Gasteiger partial charge in [0.1, 0.15) is 0 Å². The van der Waals surface area contributed by atoms with Crippen molar-refractivity contribution in [1.82, 2.24) is 0 Å². The number of ether oxygens (including phenoxy) is 2. The van der Waals surface area contributed by atoms with Gasteiger partial charge in [0.25, 0.3) is 0 Å². The highest BCUT2D eigenvalue weighted by atomic mass is 79.9. The Bertz CT molecular complexity index is 753. The van der Waals surface area contributed by atoms with Crippen LogP contribution in [0.25, 0.3) is 0 Å². The Labute approximate surface area is 159 Å². The Hall–Kier alpha value is -1.43. The lowest BCUT2D eigenvalue weighted by Crippen LogP contribution is -2.12. The zero-order valence-corrected chi connectivity index (χ0v) is 16.3. The summed E-state index contributed by atoms with van der Waals surface area (Å²) in [4.78, 5) is 12.1. The molecule has 0 aromatic heterocycles. The number of anilines is 1. The molecule has 0 bridgehead atoms. The summed E-state index contributed by atoms with van der Waals surface area (Å²) in [7, 11) is 3.15. The standard InChI is InChI=1S/C17H16BrCl2NO3/c1-23-15-7-10(12(18)9-16(15)24-2)3-6-17(22)21-11-4-5-13(19)14(20)8-11/h4-5,7-9H,3,6H2,1-2H3,(H,21,22). The summed E-state index contributed by atoms with van der Waals surface area (Å²) in [6.07, 6.45) is 0.864. The van der Waals surface area contributed by atoms with Crippen LogP contribution in [-0.4, -0.2) is 20.1 Å². The van der Waals surface area contributed by atoms with Crippen LogP contribution in [0.5, 0.6) is 11.5 Å². The molecule has 0 fully saturated rings. The number of halogens is 3. The third-order valence-corrected chi connectivity index (χ3v) is 4.85. The van der Waals surface area contributed by atoms with Gasteiger partial charge < -0.3 is 14.8 Å². The predicted molar refractivity (Wildman–Crippen MR) is 101 cm³/mol. The van der Waals surface area contributed by atoms with E-state index in [2.05, 4.69) is 21.2 Å². The molecule has 0 aliphatic heterocycles. The second kappa shape index (κ2) is 8.60. The van der Waals surface area contributed by atoms with Crippen molar-refractivity contribution in [2.75, 3.05) is 19.5 Å². The first kappa shape index (κ1) is 18.9. The Morgan fingerprint density at radius 2 is 1.75 bits per heavy atom. The zero-order valence-electron chi connectivity index (χ0n) is 13.2. The van der Waals surface area contributed by atoms with Gasteiger partial charge in [0, 0.05) is 16.6 Å². The van der Waals surface area contributed by atoms with Crippen molar-refractivity contribution in [3.63, 3.8) is 0 Å². The van der Waals surface area contributed by atoms with Crippen LogP contribution in [0.3, 0.4) is 0 Å². The second-order valence-corrected chi connectivity index (χ2v) is 6.64. The summed E-state index contributed by atoms with van der Waals surface area (Å²) in [5.74, 6) is 1.14. The number of carbonyl (C=O) groups is 1. The lowest BCUT2D eigenvalue weighted by Gasteiger charge is -2.12. The highest BCUT2D eigenvalue weighted by Crippen LogP contribution is 2.34. The number of rotatable bonds is 6. The summed E-state index contributed by atoms with van der Waals surface area (Å²) >= 11 is 15.3. The second-order valence-electron chi connectivity index (χ2n) is 4.98. The van der Waals surface area contributed by atoms with Crippen LogP contribution in [0.1, 0.15) is 12.0 Å². The number of aryl methyl sites for hydroxylation is 1. The summed E-state index contributed by atoms with van der Waals surface area (Å²) in [5.41, 5.74) is 1.57. The summed E-state index contributed by atoms with van der Waals surface area (Å²) in [6, 6.07) is 8.65. The van der Waals surface area contributed by atoms with Gasteiger partial charge in [0.05, 0.1) is 24.3 Å². The van der Waals surface area contributed by atoms with Crippen molar-refractivity contribution in [1.29, 1.82) is 0 Å². The van der Waals surface area contributed by atoms with Gasteiger partial charge >= 0.3 is 0 Å². The van der Waals surface area contributed by atoms with E-state index in [1.165, 1.54) is 0 Å². The third-order valence-electron chi connectivity index (χ3n) is 3.38. The Kier molecular flexibility index (Phi) is 6.78. The molecular weight excluding hydrogens is 417 g/mol. The fraction of sp³-hybridized carbons (Fsp3) is 0.235. The summed E-state index contributed by atoms with van der Waals surface area (Å²) < 4.78 is 11.4. The molecule has 0 radical (unpaired) electrons. The molecule has 0 aliphatic rings. The van der Waals surface area contributed by atoms with Gasteiger partial charge in [-0.3, -0.25) is 4.79 Å². The Morgan fingerprint density at radius 1 is 1.08 bits per heavy atom. The van der Waals surface area contributed by atoms with E-state index in [9.17, 15) is 4.79 Å². The van der Waals surface area contributed by atoms with E-state index in [0.717, 1.165) is 10.0 Å². The fourth-order valence-corrected chi connectivity index (χ4v) is 2.95. The first-order chi connectivity index (χ1) is 11.4. The van der Waals surface area contributed by atoms with Crippen LogP contribution in [0.15, 0.2) is 34.8 Å². The topological polar surface area (TPSA) is 47.6 Å². The van der Waals surface area contributed by atoms with Crippen molar-refractivity contribution < 1.29 is 14.3 Å². The Balaban J connectivity index is 2.02. The lowest BCUT2D eigenvalue weighted by atomic mass is 10.1. The highest BCUT2D eigenvalue weighted by Gasteiger charge is 2.11. The van der Waals surface area contributed by atoms with E-state index in [1.54, 1.807) is 32.4 Å². The van der Waals surface area contributed by atoms with Crippen LogP contribution in [0.2, 0.25) is 10.0 Å². The Morgan fingerprint density at radius 3 is 2.38 bits per heavy atom. The molecule has 2 rings (SSSR count). The zero-order chi connectivity index (χ0) is 17.7. The van der Waals surface area contributed by atoms with E-state index in [-0.39, 0.29) is 5.91 Å².